The number of fused-ring (bicyclic) bond motifs is 1. The van der Waals surface area contributed by atoms with Crippen molar-refractivity contribution in [1.29, 1.82) is 0 Å². The van der Waals surface area contributed by atoms with Crippen molar-refractivity contribution in [2.45, 2.75) is 31.7 Å². The lowest BCUT2D eigenvalue weighted by atomic mass is 10.0. The number of piperidine rings is 1. The molecule has 0 bridgehead atoms. The summed E-state index contributed by atoms with van der Waals surface area (Å²) in [5.41, 5.74) is 3.38. The van der Waals surface area contributed by atoms with Gasteiger partial charge < -0.3 is 19.5 Å². The summed E-state index contributed by atoms with van der Waals surface area (Å²) in [6.07, 6.45) is 3.80. The molecule has 3 aromatic rings. The second kappa shape index (κ2) is 8.18. The minimum absolute atomic E-state index is 0.000665. The number of rotatable bonds is 5. The standard InChI is InChI=1S/C23H24N4O3/c28-21(15-29-18-6-2-1-3-7-18)27-13-5-4-8-20(27)23-25-22(26-30-23)17-9-10-19-16(14-17)11-12-24-19/h1-3,6-7,9-10,14,20,24H,4-5,8,11-13,15H2. The number of nitrogens with one attached hydrogen (secondary N) is 1. The van der Waals surface area contributed by atoms with Gasteiger partial charge in [0.2, 0.25) is 11.7 Å². The highest BCUT2D eigenvalue weighted by molar-refractivity contribution is 5.78. The molecule has 0 aliphatic carbocycles. The molecule has 2 aliphatic rings. The van der Waals surface area contributed by atoms with Gasteiger partial charge in [-0.2, -0.15) is 4.98 Å². The largest absolute Gasteiger partial charge is 0.484 e. The van der Waals surface area contributed by atoms with E-state index >= 15 is 0 Å². The third-order valence-corrected chi connectivity index (χ3v) is 5.73. The minimum Gasteiger partial charge on any atom is -0.484 e. The van der Waals surface area contributed by atoms with E-state index in [0.717, 1.165) is 37.8 Å². The lowest BCUT2D eigenvalue weighted by Gasteiger charge is -2.33. The molecule has 1 saturated heterocycles. The van der Waals surface area contributed by atoms with Crippen LogP contribution in [0.2, 0.25) is 0 Å². The Kier molecular flexibility index (Phi) is 5.09. The molecular weight excluding hydrogens is 380 g/mol. The first-order valence-corrected chi connectivity index (χ1v) is 10.5. The molecule has 0 saturated carbocycles. The lowest BCUT2D eigenvalue weighted by molar-refractivity contribution is -0.138. The summed E-state index contributed by atoms with van der Waals surface area (Å²) in [6.45, 7) is 1.63. The number of nitrogens with zero attached hydrogens (tertiary/aromatic N) is 3. The van der Waals surface area contributed by atoms with Crippen LogP contribution in [-0.4, -0.2) is 40.6 Å². The molecule has 3 heterocycles. The smallest absolute Gasteiger partial charge is 0.261 e. The zero-order valence-corrected chi connectivity index (χ0v) is 16.7. The number of likely N-dealkylation sites (tertiary alicyclic amines) is 1. The van der Waals surface area contributed by atoms with Crippen molar-refractivity contribution in [1.82, 2.24) is 15.0 Å². The maximum absolute atomic E-state index is 12.9. The summed E-state index contributed by atoms with van der Waals surface area (Å²) >= 11 is 0. The Labute approximate surface area is 175 Å². The number of carbonyl (C=O) groups is 1. The van der Waals surface area contributed by atoms with Gasteiger partial charge in [-0.05, 0) is 61.6 Å². The minimum atomic E-state index is -0.206. The fourth-order valence-electron chi connectivity index (χ4n) is 4.16. The predicted molar refractivity (Wildman–Crippen MR) is 112 cm³/mol. The second-order valence-electron chi connectivity index (χ2n) is 7.71. The Hall–Kier alpha value is -3.35. The van der Waals surface area contributed by atoms with Crippen LogP contribution in [0.4, 0.5) is 5.69 Å². The van der Waals surface area contributed by atoms with Crippen LogP contribution in [0.15, 0.2) is 53.1 Å². The van der Waals surface area contributed by atoms with E-state index in [1.54, 1.807) is 0 Å². The van der Waals surface area contributed by atoms with E-state index in [1.165, 1.54) is 11.3 Å². The third kappa shape index (κ3) is 3.75. The monoisotopic (exact) mass is 404 g/mol. The van der Waals surface area contributed by atoms with Crippen LogP contribution in [0, 0.1) is 0 Å². The summed E-state index contributed by atoms with van der Waals surface area (Å²) < 4.78 is 11.3. The Balaban J connectivity index is 1.31. The van der Waals surface area contributed by atoms with Crippen molar-refractivity contribution in [2.75, 3.05) is 25.0 Å². The molecule has 1 amide bonds. The van der Waals surface area contributed by atoms with Crippen LogP contribution in [0.3, 0.4) is 0 Å². The van der Waals surface area contributed by atoms with Crippen LogP contribution in [-0.2, 0) is 11.2 Å². The van der Waals surface area contributed by atoms with Crippen molar-refractivity contribution in [2.24, 2.45) is 0 Å². The first kappa shape index (κ1) is 18.7. The molecule has 30 heavy (non-hydrogen) atoms. The zero-order chi connectivity index (χ0) is 20.3. The fourth-order valence-corrected chi connectivity index (χ4v) is 4.16. The maximum atomic E-state index is 12.9. The number of anilines is 1. The molecule has 1 aromatic heterocycles. The van der Waals surface area contributed by atoms with Gasteiger partial charge >= 0.3 is 0 Å². The van der Waals surface area contributed by atoms with Gasteiger partial charge in [-0.3, -0.25) is 4.79 Å². The van der Waals surface area contributed by atoms with Crippen LogP contribution in [0.1, 0.15) is 36.8 Å². The topological polar surface area (TPSA) is 80.5 Å². The molecule has 1 fully saturated rings. The highest BCUT2D eigenvalue weighted by atomic mass is 16.5. The average molecular weight is 404 g/mol. The molecule has 0 radical (unpaired) electrons. The van der Waals surface area contributed by atoms with Gasteiger partial charge in [-0.1, -0.05) is 23.4 Å². The number of hydrogen-bond donors (Lipinski definition) is 1. The highest BCUT2D eigenvalue weighted by Gasteiger charge is 2.32. The van der Waals surface area contributed by atoms with Gasteiger partial charge in [0.15, 0.2) is 6.61 Å². The molecule has 7 nitrogen and oxygen atoms in total. The highest BCUT2D eigenvalue weighted by Crippen LogP contribution is 2.32. The van der Waals surface area contributed by atoms with Gasteiger partial charge in [0.1, 0.15) is 11.8 Å². The summed E-state index contributed by atoms with van der Waals surface area (Å²) in [4.78, 5) is 19.3. The first-order chi connectivity index (χ1) is 14.8. The predicted octanol–water partition coefficient (Wildman–Crippen LogP) is 3.84. The Morgan fingerprint density at radius 2 is 2.10 bits per heavy atom. The van der Waals surface area contributed by atoms with Gasteiger partial charge in [0.05, 0.1) is 0 Å². The van der Waals surface area contributed by atoms with Gasteiger partial charge in [0.25, 0.3) is 5.91 Å². The average Bonchev–Trinajstić information content (AvgIpc) is 3.47. The first-order valence-electron chi connectivity index (χ1n) is 10.5. The van der Waals surface area contributed by atoms with Crippen molar-refractivity contribution < 1.29 is 14.1 Å². The molecular formula is C23H24N4O3. The van der Waals surface area contributed by atoms with E-state index in [4.69, 9.17) is 9.26 Å². The lowest BCUT2D eigenvalue weighted by Crippen LogP contribution is -2.41. The van der Waals surface area contributed by atoms with E-state index in [1.807, 2.05) is 41.3 Å². The van der Waals surface area contributed by atoms with Crippen LogP contribution in [0.25, 0.3) is 11.4 Å². The van der Waals surface area contributed by atoms with E-state index in [-0.39, 0.29) is 18.6 Å². The summed E-state index contributed by atoms with van der Waals surface area (Å²) in [6, 6.07) is 15.4. The second-order valence-corrected chi connectivity index (χ2v) is 7.71. The number of ether oxygens (including phenoxy) is 1. The normalized spacial score (nSPS) is 18.0. The van der Waals surface area contributed by atoms with Crippen molar-refractivity contribution in [3.63, 3.8) is 0 Å². The summed E-state index contributed by atoms with van der Waals surface area (Å²) in [7, 11) is 0. The number of aromatic nitrogens is 2. The van der Waals surface area contributed by atoms with Crippen molar-refractivity contribution in [3.05, 3.63) is 60.0 Å². The summed E-state index contributed by atoms with van der Waals surface area (Å²) in [5, 5.41) is 7.56. The molecule has 2 aliphatic heterocycles. The third-order valence-electron chi connectivity index (χ3n) is 5.73. The molecule has 2 aromatic carbocycles. The summed E-state index contributed by atoms with van der Waals surface area (Å²) in [5.74, 6) is 1.69. The van der Waals surface area contributed by atoms with Crippen molar-refractivity contribution in [3.8, 4) is 17.1 Å². The molecule has 7 heteroatoms. The number of benzene rings is 2. The Bertz CT molecular complexity index is 1030. The van der Waals surface area contributed by atoms with Crippen LogP contribution >= 0.6 is 0 Å². The van der Waals surface area contributed by atoms with E-state index in [9.17, 15) is 4.79 Å². The number of para-hydroxylation sites is 1. The van der Waals surface area contributed by atoms with Crippen LogP contribution < -0.4 is 10.1 Å². The molecule has 1 atom stereocenters. The van der Waals surface area contributed by atoms with Gasteiger partial charge in [-0.15, -0.1) is 0 Å². The molecule has 0 spiro atoms. The number of amides is 1. The van der Waals surface area contributed by atoms with Gasteiger partial charge in [-0.25, -0.2) is 0 Å². The fraction of sp³-hybridized carbons (Fsp3) is 0.348. The van der Waals surface area contributed by atoms with E-state index < -0.39 is 0 Å². The SMILES string of the molecule is O=C(COc1ccccc1)N1CCCCC1c1nc(-c2ccc3c(c2)CCN3)no1. The molecule has 5 rings (SSSR count). The Morgan fingerprint density at radius 3 is 3.00 bits per heavy atom. The number of carbonyl (C=O) groups excluding carboxylic acids is 1. The number of hydrogen-bond acceptors (Lipinski definition) is 6. The maximum Gasteiger partial charge on any atom is 0.261 e. The molecule has 154 valence electrons. The molecule has 1 unspecified atom stereocenters. The van der Waals surface area contributed by atoms with Crippen LogP contribution in [0.5, 0.6) is 5.75 Å². The zero-order valence-electron chi connectivity index (χ0n) is 16.7. The molecule has 1 N–H and O–H groups in total. The van der Waals surface area contributed by atoms with Gasteiger partial charge in [0, 0.05) is 24.3 Å². The van der Waals surface area contributed by atoms with E-state index in [0.29, 0.717) is 24.0 Å². The Morgan fingerprint density at radius 1 is 1.20 bits per heavy atom. The quantitative estimate of drug-likeness (QED) is 0.696. The van der Waals surface area contributed by atoms with Crippen molar-refractivity contribution >= 4 is 11.6 Å². The van der Waals surface area contributed by atoms with E-state index in [2.05, 4.69) is 27.6 Å².